The summed E-state index contributed by atoms with van der Waals surface area (Å²) in [5.74, 6) is -1.57. The summed E-state index contributed by atoms with van der Waals surface area (Å²) in [4.78, 5) is 52.7. The molecule has 0 saturated heterocycles. The van der Waals surface area contributed by atoms with Gasteiger partial charge in [0.2, 0.25) is 11.8 Å². The lowest BCUT2D eigenvalue weighted by atomic mass is 10.1. The van der Waals surface area contributed by atoms with Gasteiger partial charge in [-0.05, 0) is 78.4 Å². The lowest BCUT2D eigenvalue weighted by molar-refractivity contribution is -0.114. The molecule has 0 aliphatic rings. The van der Waals surface area contributed by atoms with E-state index in [0.717, 1.165) is 16.1 Å². The molecule has 4 aromatic rings. The smallest absolute Gasteiger partial charge is 0.272 e. The molecule has 0 aliphatic heterocycles. The van der Waals surface area contributed by atoms with Crippen molar-refractivity contribution in [3.05, 3.63) is 126 Å². The highest BCUT2D eigenvalue weighted by molar-refractivity contribution is 8.00. The van der Waals surface area contributed by atoms with Gasteiger partial charge in [-0.2, -0.15) is 0 Å². The van der Waals surface area contributed by atoms with E-state index in [9.17, 15) is 19.2 Å². The Morgan fingerprint density at radius 3 is 2.12 bits per heavy atom. The van der Waals surface area contributed by atoms with Gasteiger partial charge in [-0.1, -0.05) is 36.4 Å². The number of nitrogens with two attached hydrogens (primary N) is 1. The molecule has 0 unspecified atom stereocenters. The molecule has 4 rings (SSSR count). The van der Waals surface area contributed by atoms with E-state index in [0.29, 0.717) is 22.5 Å². The van der Waals surface area contributed by atoms with Gasteiger partial charge in [0.1, 0.15) is 5.70 Å². The van der Waals surface area contributed by atoms with Crippen LogP contribution in [0.1, 0.15) is 26.3 Å². The summed E-state index contributed by atoms with van der Waals surface area (Å²) in [5, 5.41) is 8.36. The van der Waals surface area contributed by atoms with E-state index in [4.69, 9.17) is 5.73 Å². The standard InChI is InChI=1S/C33H31N5O4S/c1-38(2)27-17-11-22(12-18-27)19-29(37-32(41)24-7-4-3-5-8-24)33(42)36-26-9-6-10-28(20-26)43-21-30(39)35-25-15-13-23(14-16-25)31(34)40/h3-20H,21H2,1-2H3,(H2,34,40)(H,35,39)(H,36,42)(H,37,41)/b29-19+. The number of nitrogens with zero attached hydrogens (tertiary/aromatic N) is 1. The van der Waals surface area contributed by atoms with Crippen molar-refractivity contribution in [3.8, 4) is 0 Å². The Labute approximate surface area is 254 Å². The van der Waals surface area contributed by atoms with E-state index >= 15 is 0 Å². The molecule has 9 nitrogen and oxygen atoms in total. The minimum absolute atomic E-state index is 0.0752. The number of primary amides is 1. The van der Waals surface area contributed by atoms with E-state index in [1.54, 1.807) is 72.8 Å². The average Bonchev–Trinajstić information content (AvgIpc) is 3.01. The molecule has 0 aromatic heterocycles. The van der Waals surface area contributed by atoms with Crippen molar-refractivity contribution in [1.29, 1.82) is 0 Å². The summed E-state index contributed by atoms with van der Waals surface area (Å²) in [6, 6.07) is 29.6. The fourth-order valence-electron chi connectivity index (χ4n) is 3.90. The number of carbonyl (C=O) groups is 4. The Hall–Kier alpha value is -5.35. The first-order chi connectivity index (χ1) is 20.7. The van der Waals surface area contributed by atoms with Crippen molar-refractivity contribution in [2.45, 2.75) is 4.90 Å². The fourth-order valence-corrected chi connectivity index (χ4v) is 4.66. The number of thioether (sulfide) groups is 1. The molecule has 0 heterocycles. The first-order valence-electron chi connectivity index (χ1n) is 13.3. The molecule has 5 N–H and O–H groups in total. The number of rotatable bonds is 11. The molecule has 0 fully saturated rings. The SMILES string of the molecule is CN(C)c1ccc(/C=C(/NC(=O)c2ccccc2)C(=O)Nc2cccc(SCC(=O)Nc3ccc(C(N)=O)cc3)c2)cc1. The van der Waals surface area contributed by atoms with E-state index in [1.165, 1.54) is 11.8 Å². The maximum Gasteiger partial charge on any atom is 0.272 e. The molecule has 0 spiro atoms. The minimum atomic E-state index is -0.541. The number of carbonyl (C=O) groups excluding carboxylic acids is 4. The second-order valence-electron chi connectivity index (χ2n) is 9.62. The molecule has 10 heteroatoms. The van der Waals surface area contributed by atoms with Crippen LogP contribution < -0.4 is 26.6 Å². The predicted octanol–water partition coefficient (Wildman–Crippen LogP) is 4.99. The third kappa shape index (κ3) is 9.07. The normalized spacial score (nSPS) is 10.9. The van der Waals surface area contributed by atoms with Crippen molar-refractivity contribution < 1.29 is 19.2 Å². The Balaban J connectivity index is 1.44. The zero-order valence-corrected chi connectivity index (χ0v) is 24.5. The third-order valence-electron chi connectivity index (χ3n) is 6.16. The van der Waals surface area contributed by atoms with Crippen molar-refractivity contribution in [2.75, 3.05) is 35.4 Å². The fraction of sp³-hybridized carbons (Fsp3) is 0.0909. The Kier molecular flexibility index (Phi) is 10.3. The molecule has 0 aliphatic carbocycles. The van der Waals surface area contributed by atoms with Crippen LogP contribution in [0.25, 0.3) is 6.08 Å². The monoisotopic (exact) mass is 593 g/mol. The molecular weight excluding hydrogens is 562 g/mol. The number of amides is 4. The summed E-state index contributed by atoms with van der Waals surface area (Å²) in [7, 11) is 3.88. The average molecular weight is 594 g/mol. The van der Waals surface area contributed by atoms with Gasteiger partial charge >= 0.3 is 0 Å². The van der Waals surface area contributed by atoms with Gasteiger partial charge in [0.15, 0.2) is 0 Å². The molecule has 218 valence electrons. The zero-order valence-electron chi connectivity index (χ0n) is 23.7. The molecule has 0 bridgehead atoms. The van der Waals surface area contributed by atoms with Gasteiger partial charge < -0.3 is 26.6 Å². The number of hydrogen-bond donors (Lipinski definition) is 4. The maximum absolute atomic E-state index is 13.4. The van der Waals surface area contributed by atoms with Gasteiger partial charge in [-0.3, -0.25) is 19.2 Å². The van der Waals surface area contributed by atoms with Crippen LogP contribution in [-0.4, -0.2) is 43.5 Å². The Morgan fingerprint density at radius 1 is 0.767 bits per heavy atom. The largest absolute Gasteiger partial charge is 0.378 e. The minimum Gasteiger partial charge on any atom is -0.378 e. The lowest BCUT2D eigenvalue weighted by Crippen LogP contribution is -2.30. The van der Waals surface area contributed by atoms with E-state index in [-0.39, 0.29) is 17.4 Å². The second kappa shape index (κ2) is 14.5. The highest BCUT2D eigenvalue weighted by Crippen LogP contribution is 2.23. The summed E-state index contributed by atoms with van der Waals surface area (Å²) < 4.78 is 0. The van der Waals surface area contributed by atoms with Crippen molar-refractivity contribution in [3.63, 3.8) is 0 Å². The Morgan fingerprint density at radius 2 is 1.47 bits per heavy atom. The molecule has 4 aromatic carbocycles. The summed E-state index contributed by atoms with van der Waals surface area (Å²) >= 11 is 1.29. The zero-order chi connectivity index (χ0) is 30.8. The van der Waals surface area contributed by atoms with Crippen LogP contribution in [0.4, 0.5) is 17.1 Å². The molecule has 0 radical (unpaired) electrons. The van der Waals surface area contributed by atoms with Crippen LogP contribution in [0, 0.1) is 0 Å². The van der Waals surface area contributed by atoms with Gasteiger partial charge in [0, 0.05) is 47.2 Å². The van der Waals surface area contributed by atoms with Crippen LogP contribution in [0.15, 0.2) is 114 Å². The first-order valence-corrected chi connectivity index (χ1v) is 14.3. The molecule has 43 heavy (non-hydrogen) atoms. The van der Waals surface area contributed by atoms with E-state index in [1.807, 2.05) is 55.4 Å². The van der Waals surface area contributed by atoms with Crippen LogP contribution >= 0.6 is 11.8 Å². The van der Waals surface area contributed by atoms with E-state index in [2.05, 4.69) is 16.0 Å². The van der Waals surface area contributed by atoms with Gasteiger partial charge in [-0.15, -0.1) is 11.8 Å². The predicted molar refractivity (Wildman–Crippen MR) is 172 cm³/mol. The quantitative estimate of drug-likeness (QED) is 0.143. The van der Waals surface area contributed by atoms with Crippen molar-refractivity contribution in [2.24, 2.45) is 5.73 Å². The second-order valence-corrected chi connectivity index (χ2v) is 10.7. The summed E-state index contributed by atoms with van der Waals surface area (Å²) in [6.45, 7) is 0. The summed E-state index contributed by atoms with van der Waals surface area (Å²) in [5.41, 5.74) is 8.89. The first kappa shape index (κ1) is 30.6. The Bertz CT molecular complexity index is 1640. The van der Waals surface area contributed by atoms with Gasteiger partial charge in [-0.25, -0.2) is 0 Å². The van der Waals surface area contributed by atoms with E-state index < -0.39 is 17.7 Å². The van der Waals surface area contributed by atoms with Crippen LogP contribution in [0.3, 0.4) is 0 Å². The van der Waals surface area contributed by atoms with Crippen LogP contribution in [0.2, 0.25) is 0 Å². The highest BCUT2D eigenvalue weighted by atomic mass is 32.2. The number of benzene rings is 4. The van der Waals surface area contributed by atoms with Gasteiger partial charge in [0.05, 0.1) is 5.75 Å². The molecule has 4 amide bonds. The topological polar surface area (TPSA) is 134 Å². The number of hydrogen-bond acceptors (Lipinski definition) is 6. The maximum atomic E-state index is 13.4. The van der Waals surface area contributed by atoms with Crippen LogP contribution in [-0.2, 0) is 9.59 Å². The third-order valence-corrected chi connectivity index (χ3v) is 7.16. The molecular formula is C33H31N5O4S. The summed E-state index contributed by atoms with van der Waals surface area (Å²) in [6.07, 6.45) is 1.62. The molecule has 0 saturated carbocycles. The number of nitrogens with one attached hydrogen (secondary N) is 3. The van der Waals surface area contributed by atoms with Crippen LogP contribution in [0.5, 0.6) is 0 Å². The van der Waals surface area contributed by atoms with Gasteiger partial charge in [0.25, 0.3) is 11.8 Å². The molecule has 0 atom stereocenters. The lowest BCUT2D eigenvalue weighted by Gasteiger charge is -2.14. The van der Waals surface area contributed by atoms with Crippen molar-refractivity contribution >= 4 is 58.5 Å². The van der Waals surface area contributed by atoms with Crippen molar-refractivity contribution in [1.82, 2.24) is 5.32 Å². The number of anilines is 3. The highest BCUT2D eigenvalue weighted by Gasteiger charge is 2.16.